The fourth-order valence-corrected chi connectivity index (χ4v) is 1.44. The zero-order chi connectivity index (χ0) is 10.8. The van der Waals surface area contributed by atoms with Gasteiger partial charge in [-0.2, -0.15) is 0 Å². The summed E-state index contributed by atoms with van der Waals surface area (Å²) in [5, 5.41) is 8.67. The van der Waals surface area contributed by atoms with Crippen LogP contribution in [0.2, 0.25) is 0 Å². The molecule has 0 saturated carbocycles. The Morgan fingerprint density at radius 2 is 2.14 bits per heavy atom. The van der Waals surface area contributed by atoms with Gasteiger partial charge in [0, 0.05) is 26.7 Å². The van der Waals surface area contributed by atoms with Gasteiger partial charge in [0.15, 0.2) is 0 Å². The number of methoxy groups -OCH3 is 1. The number of carboxylic acid groups (broad SMARTS) is 1. The summed E-state index contributed by atoms with van der Waals surface area (Å²) in [4.78, 5) is 12.7. The topological polar surface area (TPSA) is 49.8 Å². The molecule has 0 aromatic carbocycles. The highest BCUT2D eigenvalue weighted by molar-refractivity contribution is 5.71. The molecule has 1 fully saturated rings. The molecule has 4 heteroatoms. The first-order valence-corrected chi connectivity index (χ1v) is 4.95. The van der Waals surface area contributed by atoms with Crippen LogP contribution in [0.4, 0.5) is 0 Å². The number of carboxylic acids is 1. The van der Waals surface area contributed by atoms with Crippen molar-refractivity contribution in [1.29, 1.82) is 0 Å². The first-order chi connectivity index (χ1) is 6.44. The third kappa shape index (κ3) is 2.96. The van der Waals surface area contributed by atoms with E-state index >= 15 is 0 Å². The van der Waals surface area contributed by atoms with E-state index in [4.69, 9.17) is 9.84 Å². The van der Waals surface area contributed by atoms with Crippen molar-refractivity contribution in [3.63, 3.8) is 0 Å². The Morgan fingerprint density at radius 3 is 2.57 bits per heavy atom. The smallest absolute Gasteiger partial charge is 0.309 e. The van der Waals surface area contributed by atoms with Gasteiger partial charge in [0.2, 0.25) is 0 Å². The summed E-state index contributed by atoms with van der Waals surface area (Å²) >= 11 is 0. The SMILES string of the molecule is COC(C)(C)CCN1CC(C(=O)O)C1. The molecule has 0 aromatic rings. The normalized spacial score (nSPS) is 19.4. The third-order valence-corrected chi connectivity index (χ3v) is 2.89. The highest BCUT2D eigenvalue weighted by atomic mass is 16.5. The molecule has 14 heavy (non-hydrogen) atoms. The standard InChI is InChI=1S/C10H19NO3/c1-10(2,14-3)4-5-11-6-8(7-11)9(12)13/h8H,4-7H2,1-3H3,(H,12,13). The van der Waals surface area contributed by atoms with E-state index in [1.165, 1.54) is 0 Å². The second-order valence-corrected chi connectivity index (χ2v) is 4.51. The van der Waals surface area contributed by atoms with Crippen LogP contribution in [0.5, 0.6) is 0 Å². The van der Waals surface area contributed by atoms with Crippen molar-refractivity contribution < 1.29 is 14.6 Å². The molecule has 0 aromatic heterocycles. The van der Waals surface area contributed by atoms with Crippen LogP contribution < -0.4 is 0 Å². The lowest BCUT2D eigenvalue weighted by Gasteiger charge is -2.38. The Bertz CT molecular complexity index is 209. The second kappa shape index (κ2) is 4.28. The van der Waals surface area contributed by atoms with Crippen molar-refractivity contribution in [3.05, 3.63) is 0 Å². The van der Waals surface area contributed by atoms with E-state index in [1.807, 2.05) is 13.8 Å². The van der Waals surface area contributed by atoms with Crippen molar-refractivity contribution >= 4 is 5.97 Å². The monoisotopic (exact) mass is 201 g/mol. The van der Waals surface area contributed by atoms with Gasteiger partial charge >= 0.3 is 5.97 Å². The number of rotatable bonds is 5. The van der Waals surface area contributed by atoms with Gasteiger partial charge in [-0.25, -0.2) is 0 Å². The van der Waals surface area contributed by atoms with Crippen molar-refractivity contribution in [2.24, 2.45) is 5.92 Å². The molecule has 0 bridgehead atoms. The Kier molecular flexibility index (Phi) is 3.50. The quantitative estimate of drug-likeness (QED) is 0.715. The predicted molar refractivity (Wildman–Crippen MR) is 53.3 cm³/mol. The van der Waals surface area contributed by atoms with Gasteiger partial charge in [0.05, 0.1) is 11.5 Å². The number of ether oxygens (including phenoxy) is 1. The summed E-state index contributed by atoms with van der Waals surface area (Å²) in [7, 11) is 1.70. The van der Waals surface area contributed by atoms with E-state index in [9.17, 15) is 4.79 Å². The van der Waals surface area contributed by atoms with Gasteiger partial charge < -0.3 is 14.7 Å². The molecule has 0 aliphatic carbocycles. The molecule has 4 nitrogen and oxygen atoms in total. The zero-order valence-corrected chi connectivity index (χ0v) is 9.12. The molecule has 0 amide bonds. The van der Waals surface area contributed by atoms with E-state index in [-0.39, 0.29) is 11.5 Å². The van der Waals surface area contributed by atoms with Crippen molar-refractivity contribution in [2.45, 2.75) is 25.9 Å². The number of nitrogens with zero attached hydrogens (tertiary/aromatic N) is 1. The van der Waals surface area contributed by atoms with Crippen LogP contribution in [0, 0.1) is 5.92 Å². The lowest BCUT2D eigenvalue weighted by molar-refractivity contribution is -0.147. The number of aliphatic carboxylic acids is 1. The van der Waals surface area contributed by atoms with Crippen LogP contribution in [0.25, 0.3) is 0 Å². The molecule has 0 radical (unpaired) electrons. The molecule has 82 valence electrons. The molecule has 1 aliphatic heterocycles. The van der Waals surface area contributed by atoms with Crippen molar-refractivity contribution in [2.75, 3.05) is 26.7 Å². The molecular formula is C10H19NO3. The molecule has 1 aliphatic rings. The van der Waals surface area contributed by atoms with Gasteiger partial charge in [0.25, 0.3) is 0 Å². The van der Waals surface area contributed by atoms with Crippen LogP contribution in [-0.4, -0.2) is 48.3 Å². The molecule has 0 atom stereocenters. The highest BCUT2D eigenvalue weighted by Gasteiger charge is 2.32. The van der Waals surface area contributed by atoms with E-state index in [2.05, 4.69) is 4.90 Å². The van der Waals surface area contributed by atoms with Crippen LogP contribution in [-0.2, 0) is 9.53 Å². The van der Waals surface area contributed by atoms with E-state index in [1.54, 1.807) is 7.11 Å². The van der Waals surface area contributed by atoms with E-state index < -0.39 is 5.97 Å². The van der Waals surface area contributed by atoms with Gasteiger partial charge in [-0.15, -0.1) is 0 Å². The average Bonchev–Trinajstić information content (AvgIpc) is 2.00. The molecule has 1 N–H and O–H groups in total. The molecule has 1 saturated heterocycles. The lowest BCUT2D eigenvalue weighted by atomic mass is 9.98. The van der Waals surface area contributed by atoms with Gasteiger partial charge in [-0.3, -0.25) is 4.79 Å². The summed E-state index contributed by atoms with van der Waals surface area (Å²) in [5.74, 6) is -0.826. The minimum absolute atomic E-state index is 0.103. The summed E-state index contributed by atoms with van der Waals surface area (Å²) in [6, 6.07) is 0. The summed E-state index contributed by atoms with van der Waals surface area (Å²) in [6.45, 7) is 6.39. The number of carbonyl (C=O) groups is 1. The summed E-state index contributed by atoms with van der Waals surface area (Å²) in [5.41, 5.74) is -0.103. The van der Waals surface area contributed by atoms with Crippen LogP contribution in [0.3, 0.4) is 0 Å². The molecule has 1 rings (SSSR count). The largest absolute Gasteiger partial charge is 0.481 e. The number of likely N-dealkylation sites (tertiary alicyclic amines) is 1. The van der Waals surface area contributed by atoms with Gasteiger partial charge in [-0.1, -0.05) is 0 Å². The first-order valence-electron chi connectivity index (χ1n) is 4.95. The Hall–Kier alpha value is -0.610. The molecular weight excluding hydrogens is 182 g/mol. The average molecular weight is 201 g/mol. The van der Waals surface area contributed by atoms with Crippen LogP contribution >= 0.6 is 0 Å². The first kappa shape index (κ1) is 11.5. The second-order valence-electron chi connectivity index (χ2n) is 4.51. The highest BCUT2D eigenvalue weighted by Crippen LogP contribution is 2.19. The fraction of sp³-hybridized carbons (Fsp3) is 0.900. The Balaban J connectivity index is 2.15. The minimum Gasteiger partial charge on any atom is -0.481 e. The lowest BCUT2D eigenvalue weighted by Crippen LogP contribution is -2.51. The molecule has 0 spiro atoms. The minimum atomic E-state index is -0.674. The van der Waals surface area contributed by atoms with Gasteiger partial charge in [-0.05, 0) is 20.3 Å². The van der Waals surface area contributed by atoms with Crippen LogP contribution in [0.1, 0.15) is 20.3 Å². The maximum atomic E-state index is 10.5. The number of hydrogen-bond acceptors (Lipinski definition) is 3. The zero-order valence-electron chi connectivity index (χ0n) is 9.12. The van der Waals surface area contributed by atoms with E-state index in [0.717, 1.165) is 13.0 Å². The Morgan fingerprint density at radius 1 is 1.57 bits per heavy atom. The van der Waals surface area contributed by atoms with Crippen LogP contribution in [0.15, 0.2) is 0 Å². The van der Waals surface area contributed by atoms with Gasteiger partial charge in [0.1, 0.15) is 0 Å². The predicted octanol–water partition coefficient (Wildman–Crippen LogP) is 0.818. The summed E-state index contributed by atoms with van der Waals surface area (Å²) < 4.78 is 5.29. The molecule has 0 unspecified atom stereocenters. The maximum Gasteiger partial charge on any atom is 0.309 e. The van der Waals surface area contributed by atoms with E-state index in [0.29, 0.717) is 13.1 Å². The third-order valence-electron chi connectivity index (χ3n) is 2.89. The fourth-order valence-electron chi connectivity index (χ4n) is 1.44. The Labute approximate surface area is 84.8 Å². The van der Waals surface area contributed by atoms with Crippen molar-refractivity contribution in [1.82, 2.24) is 4.90 Å². The maximum absolute atomic E-state index is 10.5. The molecule has 1 heterocycles. The van der Waals surface area contributed by atoms with Crippen molar-refractivity contribution in [3.8, 4) is 0 Å². The number of hydrogen-bond donors (Lipinski definition) is 1. The summed E-state index contributed by atoms with van der Waals surface area (Å²) in [6.07, 6.45) is 0.940.